The van der Waals surface area contributed by atoms with Gasteiger partial charge in [-0.25, -0.2) is 8.42 Å². The first-order valence-corrected chi connectivity index (χ1v) is 12.0. The summed E-state index contributed by atoms with van der Waals surface area (Å²) in [6.45, 7) is 0.450. The molecule has 0 saturated heterocycles. The number of carbonyl (C=O) groups is 1. The normalized spacial score (nSPS) is 18.1. The molecule has 0 aliphatic carbocycles. The molecule has 1 unspecified atom stereocenters. The number of amides is 1. The second kappa shape index (κ2) is 8.20. The molecule has 7 nitrogen and oxygen atoms in total. The minimum absolute atomic E-state index is 0.101. The third kappa shape index (κ3) is 4.27. The highest BCUT2D eigenvalue weighted by Crippen LogP contribution is 2.33. The first kappa shape index (κ1) is 20.4. The Balaban J connectivity index is 1.36. The number of sulfone groups is 1. The van der Waals surface area contributed by atoms with Gasteiger partial charge in [0.05, 0.1) is 18.2 Å². The van der Waals surface area contributed by atoms with Crippen LogP contribution in [0.1, 0.15) is 11.1 Å². The van der Waals surface area contributed by atoms with E-state index in [9.17, 15) is 13.2 Å². The highest BCUT2D eigenvalue weighted by Gasteiger charge is 2.30. The molecule has 0 bridgehead atoms. The fourth-order valence-corrected chi connectivity index (χ4v) is 5.25. The number of carbonyl (C=O) groups excluding carboxylic acids is 1. The smallest absolute Gasteiger partial charge is 0.231 e. The van der Waals surface area contributed by atoms with Gasteiger partial charge in [0.2, 0.25) is 12.7 Å². The molecule has 0 saturated carbocycles. The molecule has 1 amide bonds. The number of fused-ring (bicyclic) bond motifs is 1. The number of aromatic nitrogens is 1. The molecule has 0 N–H and O–H groups in total. The van der Waals surface area contributed by atoms with E-state index in [0.29, 0.717) is 11.5 Å². The van der Waals surface area contributed by atoms with Gasteiger partial charge < -0.3 is 18.9 Å². The van der Waals surface area contributed by atoms with Crippen LogP contribution in [0.2, 0.25) is 0 Å². The Hall–Kier alpha value is -3.52. The van der Waals surface area contributed by atoms with E-state index < -0.39 is 15.9 Å². The minimum atomic E-state index is -3.30. The van der Waals surface area contributed by atoms with Crippen molar-refractivity contribution in [3.05, 3.63) is 89.6 Å². The second-order valence-corrected chi connectivity index (χ2v) is 9.80. The lowest BCUT2D eigenvalue weighted by molar-refractivity contribution is -0.132. The Bertz CT molecular complexity index is 1260. The Morgan fingerprint density at radius 2 is 1.72 bits per heavy atom. The fraction of sp³-hybridized carbons (Fsp3) is 0.208. The molecule has 3 heterocycles. The third-order valence-electron chi connectivity index (χ3n) is 5.62. The van der Waals surface area contributed by atoms with Gasteiger partial charge in [-0.15, -0.1) is 0 Å². The maximum atomic E-state index is 13.3. The molecule has 5 rings (SSSR count). The van der Waals surface area contributed by atoms with Crippen molar-refractivity contribution < 1.29 is 22.7 Å². The van der Waals surface area contributed by atoms with Gasteiger partial charge in [-0.05, 0) is 53.6 Å². The molecular weight excluding hydrogens is 428 g/mol. The van der Waals surface area contributed by atoms with Crippen LogP contribution in [0, 0.1) is 0 Å². The van der Waals surface area contributed by atoms with E-state index in [1.54, 1.807) is 11.0 Å². The summed E-state index contributed by atoms with van der Waals surface area (Å²) in [4.78, 5) is 14.9. The standard InChI is InChI=1S/C24H22N2O5S/c27-24(14-18-3-6-20(7-4-18)25-10-1-2-11-25)26(21-9-12-32(28,29)16-21)15-19-5-8-22-23(13-19)31-17-30-22/h1-13,21H,14-17H2. The summed E-state index contributed by atoms with van der Waals surface area (Å²) in [5.74, 6) is 1.06. The van der Waals surface area contributed by atoms with Crippen LogP contribution in [0.15, 0.2) is 78.5 Å². The summed E-state index contributed by atoms with van der Waals surface area (Å²) < 4.78 is 36.8. The van der Waals surface area contributed by atoms with E-state index in [2.05, 4.69) is 0 Å². The molecule has 2 aliphatic heterocycles. The largest absolute Gasteiger partial charge is 0.454 e. The van der Waals surface area contributed by atoms with E-state index in [-0.39, 0.29) is 31.4 Å². The molecular formula is C24H22N2O5S. The Morgan fingerprint density at radius 3 is 2.44 bits per heavy atom. The van der Waals surface area contributed by atoms with Crippen LogP contribution in [0.3, 0.4) is 0 Å². The molecule has 1 aromatic heterocycles. The zero-order chi connectivity index (χ0) is 22.1. The van der Waals surface area contributed by atoms with Crippen LogP contribution < -0.4 is 9.47 Å². The predicted molar refractivity (Wildman–Crippen MR) is 119 cm³/mol. The summed E-state index contributed by atoms with van der Waals surface area (Å²) in [6.07, 6.45) is 5.69. The predicted octanol–water partition coefficient (Wildman–Crippen LogP) is 3.09. The monoisotopic (exact) mass is 450 g/mol. The number of hydrogen-bond donors (Lipinski definition) is 0. The third-order valence-corrected chi connectivity index (χ3v) is 6.99. The van der Waals surface area contributed by atoms with Crippen molar-refractivity contribution in [2.45, 2.75) is 19.0 Å². The first-order chi connectivity index (χ1) is 15.5. The van der Waals surface area contributed by atoms with Gasteiger partial charge in [0.25, 0.3) is 0 Å². The molecule has 2 aromatic carbocycles. The average Bonchev–Trinajstić information content (AvgIpc) is 3.53. The SMILES string of the molecule is O=C(Cc1ccc(-n2cccc2)cc1)N(Cc1ccc2c(c1)OCO2)C1C=CS(=O)(=O)C1. The highest BCUT2D eigenvalue weighted by molar-refractivity contribution is 7.94. The van der Waals surface area contributed by atoms with Gasteiger partial charge in [0.15, 0.2) is 21.3 Å². The van der Waals surface area contributed by atoms with Gasteiger partial charge in [-0.3, -0.25) is 4.79 Å². The molecule has 32 heavy (non-hydrogen) atoms. The van der Waals surface area contributed by atoms with Crippen molar-refractivity contribution in [1.29, 1.82) is 0 Å². The lowest BCUT2D eigenvalue weighted by atomic mass is 10.1. The van der Waals surface area contributed by atoms with Crippen molar-refractivity contribution in [3.63, 3.8) is 0 Å². The van der Waals surface area contributed by atoms with Crippen molar-refractivity contribution in [1.82, 2.24) is 9.47 Å². The summed E-state index contributed by atoms with van der Waals surface area (Å²) >= 11 is 0. The molecule has 0 fully saturated rings. The van der Waals surface area contributed by atoms with Gasteiger partial charge >= 0.3 is 0 Å². The van der Waals surface area contributed by atoms with Crippen LogP contribution in [-0.2, 0) is 27.6 Å². The van der Waals surface area contributed by atoms with Gasteiger partial charge in [0.1, 0.15) is 0 Å². The number of benzene rings is 2. The van der Waals surface area contributed by atoms with Crippen molar-refractivity contribution in [2.24, 2.45) is 0 Å². The lowest BCUT2D eigenvalue weighted by Crippen LogP contribution is -2.41. The fourth-order valence-electron chi connectivity index (χ4n) is 3.95. The Labute approximate surface area is 186 Å². The van der Waals surface area contributed by atoms with Gasteiger partial charge in [0, 0.05) is 30.0 Å². The zero-order valence-electron chi connectivity index (χ0n) is 17.3. The summed E-state index contributed by atoms with van der Waals surface area (Å²) in [7, 11) is -3.30. The maximum Gasteiger partial charge on any atom is 0.231 e. The van der Waals surface area contributed by atoms with E-state index in [1.807, 2.05) is 71.6 Å². The minimum Gasteiger partial charge on any atom is -0.454 e. The highest BCUT2D eigenvalue weighted by atomic mass is 32.2. The molecule has 3 aromatic rings. The summed E-state index contributed by atoms with van der Waals surface area (Å²) in [6, 6.07) is 16.7. The topological polar surface area (TPSA) is 77.8 Å². The van der Waals surface area contributed by atoms with Crippen LogP contribution in [-0.4, -0.2) is 42.4 Å². The number of ether oxygens (including phenoxy) is 2. The van der Waals surface area contributed by atoms with Crippen molar-refractivity contribution >= 4 is 15.7 Å². The van der Waals surface area contributed by atoms with Crippen LogP contribution in [0.4, 0.5) is 0 Å². The van der Waals surface area contributed by atoms with E-state index in [4.69, 9.17) is 9.47 Å². The maximum absolute atomic E-state index is 13.3. The first-order valence-electron chi connectivity index (χ1n) is 10.3. The Kier molecular flexibility index (Phi) is 5.22. The van der Waals surface area contributed by atoms with Crippen LogP contribution >= 0.6 is 0 Å². The average molecular weight is 451 g/mol. The number of rotatable bonds is 6. The summed E-state index contributed by atoms with van der Waals surface area (Å²) in [5, 5.41) is 1.20. The Morgan fingerprint density at radius 1 is 1.00 bits per heavy atom. The number of nitrogens with zero attached hydrogens (tertiary/aromatic N) is 2. The molecule has 164 valence electrons. The van der Waals surface area contributed by atoms with Crippen molar-refractivity contribution in [3.8, 4) is 17.2 Å². The van der Waals surface area contributed by atoms with Crippen molar-refractivity contribution in [2.75, 3.05) is 12.5 Å². The van der Waals surface area contributed by atoms with Gasteiger partial charge in [-0.1, -0.05) is 18.2 Å². The molecule has 2 aliphatic rings. The number of hydrogen-bond acceptors (Lipinski definition) is 5. The van der Waals surface area contributed by atoms with E-state index >= 15 is 0 Å². The lowest BCUT2D eigenvalue weighted by Gasteiger charge is -2.28. The van der Waals surface area contributed by atoms with Gasteiger partial charge in [-0.2, -0.15) is 0 Å². The summed E-state index contributed by atoms with van der Waals surface area (Å²) in [5.41, 5.74) is 2.72. The van der Waals surface area contributed by atoms with E-state index in [0.717, 1.165) is 16.8 Å². The van der Waals surface area contributed by atoms with E-state index in [1.165, 1.54) is 5.41 Å². The second-order valence-electron chi connectivity index (χ2n) is 7.87. The van der Waals surface area contributed by atoms with Crippen LogP contribution in [0.5, 0.6) is 11.5 Å². The molecule has 0 spiro atoms. The molecule has 0 radical (unpaired) electrons. The molecule has 1 atom stereocenters. The zero-order valence-corrected chi connectivity index (χ0v) is 18.1. The molecule has 8 heteroatoms. The quantitative estimate of drug-likeness (QED) is 0.577. The van der Waals surface area contributed by atoms with Crippen LogP contribution in [0.25, 0.3) is 5.69 Å².